The van der Waals surface area contributed by atoms with Crippen LogP contribution in [0.3, 0.4) is 0 Å². The van der Waals surface area contributed by atoms with Crippen LogP contribution in [0.2, 0.25) is 0 Å². The van der Waals surface area contributed by atoms with Gasteiger partial charge in [-0.2, -0.15) is 0 Å². The minimum absolute atomic E-state index is 0.0156. The summed E-state index contributed by atoms with van der Waals surface area (Å²) in [4.78, 5) is 14.2. The summed E-state index contributed by atoms with van der Waals surface area (Å²) in [6.45, 7) is 3.45. The smallest absolute Gasteiger partial charge is 0.358 e. The fraction of sp³-hybridized carbons (Fsp3) is 0.429. The van der Waals surface area contributed by atoms with Gasteiger partial charge in [-0.1, -0.05) is 6.92 Å². The van der Waals surface area contributed by atoms with Crippen LogP contribution in [0, 0.1) is 6.92 Å². The number of hydrogen-bond acceptors (Lipinski definition) is 3. The molecule has 1 N–H and O–H groups in total. The van der Waals surface area contributed by atoms with E-state index in [0.29, 0.717) is 18.1 Å². The van der Waals surface area contributed by atoms with E-state index in [0.717, 1.165) is 0 Å². The second-order valence-electron chi connectivity index (χ2n) is 2.17. The second-order valence-corrected chi connectivity index (χ2v) is 2.17. The average Bonchev–Trinajstić information content (AvgIpc) is 2.30. The fourth-order valence-corrected chi connectivity index (χ4v) is 0.801. The lowest BCUT2D eigenvalue weighted by Gasteiger charge is -1.83. The summed E-state index contributed by atoms with van der Waals surface area (Å²) < 4.78 is 5.03. The molecule has 0 atom stereocenters. The molecule has 0 fully saturated rings. The molecule has 0 radical (unpaired) electrons. The van der Waals surface area contributed by atoms with E-state index >= 15 is 0 Å². The van der Waals surface area contributed by atoms with Crippen LogP contribution in [0.4, 0.5) is 0 Å². The molecule has 1 heterocycles. The molecule has 0 aliphatic heterocycles. The number of oxazole rings is 1. The fourth-order valence-electron chi connectivity index (χ4n) is 0.801. The maximum absolute atomic E-state index is 10.4. The van der Waals surface area contributed by atoms with Gasteiger partial charge in [0.1, 0.15) is 5.76 Å². The first-order chi connectivity index (χ1) is 5.15. The molecule has 0 aliphatic rings. The van der Waals surface area contributed by atoms with Crippen molar-refractivity contribution < 1.29 is 14.3 Å². The largest absolute Gasteiger partial charge is 0.476 e. The molecule has 0 bridgehead atoms. The number of hydrogen-bond donors (Lipinski definition) is 1. The van der Waals surface area contributed by atoms with E-state index in [-0.39, 0.29) is 5.69 Å². The number of rotatable bonds is 2. The number of carboxylic acid groups (broad SMARTS) is 1. The zero-order valence-electron chi connectivity index (χ0n) is 6.42. The Balaban J connectivity index is 3.07. The molecule has 0 aromatic carbocycles. The highest BCUT2D eigenvalue weighted by Crippen LogP contribution is 2.09. The quantitative estimate of drug-likeness (QED) is 0.697. The molecule has 11 heavy (non-hydrogen) atoms. The average molecular weight is 155 g/mol. The number of aromatic nitrogens is 1. The van der Waals surface area contributed by atoms with E-state index in [1.807, 2.05) is 6.92 Å². The second kappa shape index (κ2) is 2.74. The Morgan fingerprint density at radius 3 is 2.64 bits per heavy atom. The SMILES string of the molecule is CCc1nc(C(=O)O)c(C)o1. The molecule has 0 aliphatic carbocycles. The van der Waals surface area contributed by atoms with Crippen LogP contribution < -0.4 is 0 Å². The summed E-state index contributed by atoms with van der Waals surface area (Å²) >= 11 is 0. The normalized spacial score (nSPS) is 10.0. The summed E-state index contributed by atoms with van der Waals surface area (Å²) in [6, 6.07) is 0. The summed E-state index contributed by atoms with van der Waals surface area (Å²) in [5, 5.41) is 8.55. The minimum Gasteiger partial charge on any atom is -0.476 e. The number of carbonyl (C=O) groups is 1. The summed E-state index contributed by atoms with van der Waals surface area (Å²) in [6.07, 6.45) is 0.619. The molecule has 0 spiro atoms. The lowest BCUT2D eigenvalue weighted by Crippen LogP contribution is -1.98. The van der Waals surface area contributed by atoms with Crippen LogP contribution in [0.15, 0.2) is 4.42 Å². The molecular weight excluding hydrogens is 146 g/mol. The van der Waals surface area contributed by atoms with Crippen molar-refractivity contribution in [1.29, 1.82) is 0 Å². The van der Waals surface area contributed by atoms with Crippen molar-refractivity contribution >= 4 is 5.97 Å². The van der Waals surface area contributed by atoms with Gasteiger partial charge in [-0.15, -0.1) is 0 Å². The topological polar surface area (TPSA) is 63.3 Å². The Morgan fingerprint density at radius 1 is 1.73 bits per heavy atom. The summed E-state index contributed by atoms with van der Waals surface area (Å²) in [5.74, 6) is -0.194. The standard InChI is InChI=1S/C7H9NO3/c1-3-5-8-6(7(9)10)4(2)11-5/h3H2,1-2H3,(H,9,10). The zero-order valence-corrected chi connectivity index (χ0v) is 6.42. The van der Waals surface area contributed by atoms with Crippen molar-refractivity contribution in [1.82, 2.24) is 4.98 Å². The third-order valence-corrected chi connectivity index (χ3v) is 1.35. The van der Waals surface area contributed by atoms with Gasteiger partial charge in [-0.25, -0.2) is 9.78 Å². The van der Waals surface area contributed by atoms with Crippen molar-refractivity contribution in [3.8, 4) is 0 Å². The van der Waals surface area contributed by atoms with Gasteiger partial charge in [-0.3, -0.25) is 0 Å². The third kappa shape index (κ3) is 1.39. The van der Waals surface area contributed by atoms with Gasteiger partial charge >= 0.3 is 5.97 Å². The number of nitrogens with zero attached hydrogens (tertiary/aromatic N) is 1. The van der Waals surface area contributed by atoms with E-state index in [1.54, 1.807) is 6.92 Å². The number of carboxylic acids is 1. The van der Waals surface area contributed by atoms with Crippen molar-refractivity contribution in [3.63, 3.8) is 0 Å². The molecule has 0 amide bonds. The Bertz CT molecular complexity index is 277. The predicted octanol–water partition coefficient (Wildman–Crippen LogP) is 1.24. The van der Waals surface area contributed by atoms with Gasteiger partial charge in [0.15, 0.2) is 11.6 Å². The van der Waals surface area contributed by atoms with Crippen LogP contribution in [0.25, 0.3) is 0 Å². The molecule has 0 saturated heterocycles. The highest BCUT2D eigenvalue weighted by atomic mass is 16.4. The number of aryl methyl sites for hydroxylation is 2. The molecule has 1 aromatic rings. The van der Waals surface area contributed by atoms with Crippen molar-refractivity contribution in [2.75, 3.05) is 0 Å². The molecule has 1 rings (SSSR count). The molecule has 1 aromatic heterocycles. The highest BCUT2D eigenvalue weighted by molar-refractivity contribution is 5.86. The predicted molar refractivity (Wildman–Crippen MR) is 37.6 cm³/mol. The molecule has 0 saturated carbocycles. The van der Waals surface area contributed by atoms with Crippen LogP contribution in [-0.2, 0) is 6.42 Å². The minimum atomic E-state index is -1.04. The van der Waals surface area contributed by atoms with Crippen LogP contribution in [0.1, 0.15) is 29.1 Å². The van der Waals surface area contributed by atoms with E-state index in [2.05, 4.69) is 4.98 Å². The highest BCUT2D eigenvalue weighted by Gasteiger charge is 2.14. The Hall–Kier alpha value is -1.32. The lowest BCUT2D eigenvalue weighted by molar-refractivity contribution is 0.0689. The summed E-state index contributed by atoms with van der Waals surface area (Å²) in [7, 11) is 0. The maximum Gasteiger partial charge on any atom is 0.358 e. The van der Waals surface area contributed by atoms with Gasteiger partial charge in [0.05, 0.1) is 0 Å². The Kier molecular flexibility index (Phi) is 1.94. The monoisotopic (exact) mass is 155 g/mol. The molecule has 60 valence electrons. The first kappa shape index (κ1) is 7.78. The van der Waals surface area contributed by atoms with Crippen LogP contribution in [0.5, 0.6) is 0 Å². The molecular formula is C7H9NO3. The summed E-state index contributed by atoms with van der Waals surface area (Å²) in [5.41, 5.74) is 0.0156. The molecule has 4 heteroatoms. The number of aromatic carboxylic acids is 1. The van der Waals surface area contributed by atoms with Gasteiger partial charge in [-0.05, 0) is 6.92 Å². The van der Waals surface area contributed by atoms with E-state index in [9.17, 15) is 4.79 Å². The van der Waals surface area contributed by atoms with Crippen LogP contribution in [-0.4, -0.2) is 16.1 Å². The maximum atomic E-state index is 10.4. The van der Waals surface area contributed by atoms with E-state index < -0.39 is 5.97 Å². The van der Waals surface area contributed by atoms with Crippen molar-refractivity contribution in [2.24, 2.45) is 0 Å². The van der Waals surface area contributed by atoms with Crippen LogP contribution >= 0.6 is 0 Å². The third-order valence-electron chi connectivity index (χ3n) is 1.35. The molecule has 0 unspecified atom stereocenters. The first-order valence-electron chi connectivity index (χ1n) is 3.34. The van der Waals surface area contributed by atoms with Gasteiger partial charge in [0.2, 0.25) is 0 Å². The van der Waals surface area contributed by atoms with E-state index in [1.165, 1.54) is 0 Å². The lowest BCUT2D eigenvalue weighted by atomic mass is 10.4. The Labute approximate surface area is 63.9 Å². The van der Waals surface area contributed by atoms with Crippen molar-refractivity contribution in [3.05, 3.63) is 17.3 Å². The van der Waals surface area contributed by atoms with Gasteiger partial charge < -0.3 is 9.52 Å². The van der Waals surface area contributed by atoms with Gasteiger partial charge in [0.25, 0.3) is 0 Å². The Morgan fingerprint density at radius 2 is 2.36 bits per heavy atom. The molecule has 4 nitrogen and oxygen atoms in total. The van der Waals surface area contributed by atoms with Crippen molar-refractivity contribution in [2.45, 2.75) is 20.3 Å². The van der Waals surface area contributed by atoms with Gasteiger partial charge in [0, 0.05) is 6.42 Å². The zero-order chi connectivity index (χ0) is 8.43. The van der Waals surface area contributed by atoms with E-state index in [4.69, 9.17) is 9.52 Å². The first-order valence-corrected chi connectivity index (χ1v) is 3.34.